The maximum Gasteiger partial charge on any atom is 0.226 e. The summed E-state index contributed by atoms with van der Waals surface area (Å²) in [6.45, 7) is 5.73. The van der Waals surface area contributed by atoms with Crippen molar-refractivity contribution in [3.8, 4) is 0 Å². The summed E-state index contributed by atoms with van der Waals surface area (Å²) in [5.74, 6) is 1.11. The van der Waals surface area contributed by atoms with E-state index in [0.29, 0.717) is 6.42 Å². The van der Waals surface area contributed by atoms with Gasteiger partial charge in [0, 0.05) is 13.2 Å². The molecule has 0 aliphatic carbocycles. The minimum atomic E-state index is -0.283. The van der Waals surface area contributed by atoms with Crippen molar-refractivity contribution in [3.63, 3.8) is 0 Å². The molecule has 5 nitrogen and oxygen atoms in total. The lowest BCUT2D eigenvalue weighted by Gasteiger charge is -2.28. The third kappa shape index (κ3) is 2.81. The van der Waals surface area contributed by atoms with E-state index in [-0.39, 0.29) is 17.6 Å². The number of H-pyrrole nitrogens is 1. The number of likely N-dealkylation sites (tertiary alicyclic amines) is 1. The molecule has 2 aliphatic heterocycles. The van der Waals surface area contributed by atoms with Gasteiger partial charge in [-0.1, -0.05) is 6.07 Å². The van der Waals surface area contributed by atoms with Crippen LogP contribution in [-0.4, -0.2) is 39.5 Å². The summed E-state index contributed by atoms with van der Waals surface area (Å²) in [6.07, 6.45) is 4.51. The number of aromatic amines is 1. The van der Waals surface area contributed by atoms with Crippen molar-refractivity contribution >= 4 is 16.9 Å². The number of hydrogen-bond donors (Lipinski definition) is 1. The Kier molecular flexibility index (Phi) is 3.83. The number of amides is 1. The second-order valence-electron chi connectivity index (χ2n) is 7.47. The first kappa shape index (κ1) is 15.6. The van der Waals surface area contributed by atoms with Crippen LogP contribution in [-0.2, 0) is 9.53 Å². The molecule has 1 aromatic heterocycles. The van der Waals surface area contributed by atoms with E-state index in [1.54, 1.807) is 0 Å². The Morgan fingerprint density at radius 2 is 2.33 bits per heavy atom. The fourth-order valence-electron chi connectivity index (χ4n) is 4.05. The number of carbonyl (C=O) groups excluding carboxylic acids is 1. The molecule has 24 heavy (non-hydrogen) atoms. The van der Waals surface area contributed by atoms with E-state index < -0.39 is 0 Å². The predicted molar refractivity (Wildman–Crippen MR) is 92.7 cm³/mol. The third-order valence-electron chi connectivity index (χ3n) is 5.37. The van der Waals surface area contributed by atoms with Crippen LogP contribution in [0.4, 0.5) is 0 Å². The molecule has 1 amide bonds. The Morgan fingerprint density at radius 3 is 3.12 bits per heavy atom. The molecular formula is C19H25N3O2. The molecule has 2 aliphatic rings. The van der Waals surface area contributed by atoms with Crippen LogP contribution in [0.2, 0.25) is 0 Å². The summed E-state index contributed by atoms with van der Waals surface area (Å²) < 4.78 is 5.80. The molecular weight excluding hydrogens is 302 g/mol. The molecule has 2 unspecified atom stereocenters. The van der Waals surface area contributed by atoms with Crippen LogP contribution in [0.1, 0.15) is 56.5 Å². The number of rotatable bonds is 3. The van der Waals surface area contributed by atoms with Gasteiger partial charge >= 0.3 is 0 Å². The standard InChI is InChI=1S/C19H25N3O2/c1-13-6-7-14-15(11-13)21-18(20-14)16-5-3-9-22(16)17(23)12-19(2)8-4-10-24-19/h6-7,11,16H,3-5,8-10,12H2,1-2H3,(H,20,21). The van der Waals surface area contributed by atoms with Gasteiger partial charge in [-0.3, -0.25) is 4.79 Å². The molecule has 0 spiro atoms. The van der Waals surface area contributed by atoms with Crippen LogP contribution >= 0.6 is 0 Å². The maximum absolute atomic E-state index is 12.9. The molecule has 2 saturated heterocycles. The quantitative estimate of drug-likeness (QED) is 0.939. The van der Waals surface area contributed by atoms with Gasteiger partial charge in [0.25, 0.3) is 0 Å². The molecule has 1 N–H and O–H groups in total. The number of fused-ring (bicyclic) bond motifs is 1. The summed E-state index contributed by atoms with van der Waals surface area (Å²) in [5.41, 5.74) is 2.95. The first-order valence-electron chi connectivity index (χ1n) is 8.94. The van der Waals surface area contributed by atoms with Crippen molar-refractivity contribution in [3.05, 3.63) is 29.6 Å². The second kappa shape index (κ2) is 5.88. The van der Waals surface area contributed by atoms with Gasteiger partial charge in [0.05, 0.1) is 29.1 Å². The molecule has 2 fully saturated rings. The zero-order chi connectivity index (χ0) is 16.7. The molecule has 3 heterocycles. The van der Waals surface area contributed by atoms with Gasteiger partial charge in [-0.25, -0.2) is 4.98 Å². The highest BCUT2D eigenvalue weighted by atomic mass is 16.5. The minimum absolute atomic E-state index is 0.0650. The lowest BCUT2D eigenvalue weighted by Crippen LogP contribution is -2.37. The minimum Gasteiger partial charge on any atom is -0.375 e. The van der Waals surface area contributed by atoms with E-state index in [9.17, 15) is 4.79 Å². The number of aryl methyl sites for hydroxylation is 1. The van der Waals surface area contributed by atoms with Crippen LogP contribution in [0.25, 0.3) is 11.0 Å². The van der Waals surface area contributed by atoms with E-state index in [1.165, 1.54) is 5.56 Å². The number of aromatic nitrogens is 2. The van der Waals surface area contributed by atoms with Crippen LogP contribution in [0.15, 0.2) is 18.2 Å². The highest BCUT2D eigenvalue weighted by Crippen LogP contribution is 2.35. The van der Waals surface area contributed by atoms with Crippen molar-refractivity contribution in [2.45, 2.75) is 57.6 Å². The summed E-state index contributed by atoms with van der Waals surface area (Å²) in [5, 5.41) is 0. The summed E-state index contributed by atoms with van der Waals surface area (Å²) >= 11 is 0. The molecule has 2 aromatic rings. The number of nitrogens with one attached hydrogen (secondary N) is 1. The van der Waals surface area contributed by atoms with Crippen LogP contribution in [0, 0.1) is 6.92 Å². The summed E-state index contributed by atoms with van der Waals surface area (Å²) in [7, 11) is 0. The number of imidazole rings is 1. The number of carbonyl (C=O) groups is 1. The van der Waals surface area contributed by atoms with Gasteiger partial charge in [-0.05, 0) is 57.2 Å². The Balaban J connectivity index is 1.56. The maximum atomic E-state index is 12.9. The van der Waals surface area contributed by atoms with Gasteiger partial charge in [0.2, 0.25) is 5.91 Å². The number of hydrogen-bond acceptors (Lipinski definition) is 3. The van der Waals surface area contributed by atoms with Crippen molar-refractivity contribution in [1.29, 1.82) is 0 Å². The number of nitrogens with zero attached hydrogens (tertiary/aromatic N) is 2. The molecule has 4 rings (SSSR count). The Labute approximate surface area is 142 Å². The van der Waals surface area contributed by atoms with E-state index in [0.717, 1.165) is 55.7 Å². The highest BCUT2D eigenvalue weighted by molar-refractivity contribution is 5.79. The average Bonchev–Trinajstić information content (AvgIpc) is 3.24. The molecule has 0 radical (unpaired) electrons. The smallest absolute Gasteiger partial charge is 0.226 e. The lowest BCUT2D eigenvalue weighted by atomic mass is 9.97. The van der Waals surface area contributed by atoms with Crippen LogP contribution in [0.3, 0.4) is 0 Å². The van der Waals surface area contributed by atoms with Gasteiger partial charge in [-0.15, -0.1) is 0 Å². The number of benzene rings is 1. The zero-order valence-corrected chi connectivity index (χ0v) is 14.5. The van der Waals surface area contributed by atoms with Gasteiger partial charge in [-0.2, -0.15) is 0 Å². The first-order chi connectivity index (χ1) is 11.5. The average molecular weight is 327 g/mol. The largest absolute Gasteiger partial charge is 0.375 e. The second-order valence-corrected chi connectivity index (χ2v) is 7.47. The Morgan fingerprint density at radius 1 is 1.46 bits per heavy atom. The van der Waals surface area contributed by atoms with E-state index in [1.807, 2.05) is 11.0 Å². The topological polar surface area (TPSA) is 58.2 Å². The van der Waals surface area contributed by atoms with E-state index in [2.05, 4.69) is 31.0 Å². The fraction of sp³-hybridized carbons (Fsp3) is 0.579. The molecule has 2 atom stereocenters. The molecule has 128 valence electrons. The van der Waals surface area contributed by atoms with Gasteiger partial charge in [0.1, 0.15) is 5.82 Å². The first-order valence-corrected chi connectivity index (χ1v) is 8.94. The summed E-state index contributed by atoms with van der Waals surface area (Å²) in [6, 6.07) is 6.29. The molecule has 1 aromatic carbocycles. The van der Waals surface area contributed by atoms with Crippen LogP contribution in [0.5, 0.6) is 0 Å². The van der Waals surface area contributed by atoms with Gasteiger partial charge in [0.15, 0.2) is 0 Å². The van der Waals surface area contributed by atoms with Crippen molar-refractivity contribution in [2.24, 2.45) is 0 Å². The Bertz CT molecular complexity index is 761. The highest BCUT2D eigenvalue weighted by Gasteiger charge is 2.38. The summed E-state index contributed by atoms with van der Waals surface area (Å²) in [4.78, 5) is 23.0. The normalized spacial score (nSPS) is 27.2. The molecule has 0 saturated carbocycles. The lowest BCUT2D eigenvalue weighted by molar-refractivity contribution is -0.137. The predicted octanol–water partition coefficient (Wildman–Crippen LogP) is 3.49. The third-order valence-corrected chi connectivity index (χ3v) is 5.37. The van der Waals surface area contributed by atoms with E-state index >= 15 is 0 Å². The monoisotopic (exact) mass is 327 g/mol. The van der Waals surface area contributed by atoms with Crippen molar-refractivity contribution < 1.29 is 9.53 Å². The fourth-order valence-corrected chi connectivity index (χ4v) is 4.05. The molecule has 0 bridgehead atoms. The number of ether oxygens (including phenoxy) is 1. The zero-order valence-electron chi connectivity index (χ0n) is 14.5. The van der Waals surface area contributed by atoms with Crippen molar-refractivity contribution in [1.82, 2.24) is 14.9 Å². The van der Waals surface area contributed by atoms with Crippen molar-refractivity contribution in [2.75, 3.05) is 13.2 Å². The Hall–Kier alpha value is -1.88. The molecule has 5 heteroatoms. The van der Waals surface area contributed by atoms with Crippen LogP contribution < -0.4 is 0 Å². The van der Waals surface area contributed by atoms with E-state index in [4.69, 9.17) is 9.72 Å². The van der Waals surface area contributed by atoms with Gasteiger partial charge < -0.3 is 14.6 Å². The SMILES string of the molecule is Cc1ccc2nc(C3CCCN3C(=O)CC3(C)CCCO3)[nH]c2c1.